The first-order chi connectivity index (χ1) is 19.2. The molecule has 39 heavy (non-hydrogen) atoms. The molecule has 0 aliphatic rings. The monoisotopic (exact) mass is 494 g/mol. The molecule has 7 rings (SSSR count). The zero-order valence-electron chi connectivity index (χ0n) is 20.7. The molecule has 6 aromatic carbocycles. The van der Waals surface area contributed by atoms with Crippen LogP contribution in [0.5, 0.6) is 0 Å². The Balaban J connectivity index is 1.66. The second-order valence-corrected chi connectivity index (χ2v) is 9.47. The van der Waals surface area contributed by atoms with Crippen LogP contribution in [0.3, 0.4) is 0 Å². The van der Waals surface area contributed by atoms with Crippen molar-refractivity contribution in [3.63, 3.8) is 0 Å². The van der Waals surface area contributed by atoms with Crippen LogP contribution in [-0.4, -0.2) is 4.57 Å². The lowest BCUT2D eigenvalue weighted by Gasteiger charge is -2.13. The Morgan fingerprint density at radius 3 is 1.87 bits per heavy atom. The van der Waals surface area contributed by atoms with Gasteiger partial charge in [-0.25, -0.2) is 10.1 Å². The number of hydrogen-bond donors (Lipinski definition) is 0. The molecule has 7 aromatic rings. The van der Waals surface area contributed by atoms with Crippen LogP contribution in [0.25, 0.3) is 70.2 Å². The van der Waals surface area contributed by atoms with Gasteiger partial charge >= 0.3 is 0 Å². The molecule has 0 atom stereocenters. The van der Waals surface area contributed by atoms with Crippen molar-refractivity contribution in [2.24, 2.45) is 0 Å². The van der Waals surface area contributed by atoms with Crippen LogP contribution in [0.1, 0.15) is 5.56 Å². The minimum Gasteiger partial charge on any atom is -0.309 e. The van der Waals surface area contributed by atoms with Gasteiger partial charge in [-0.1, -0.05) is 72.8 Å². The number of nitrogens with zero attached hydrogens (tertiary/aromatic N) is 4. The summed E-state index contributed by atoms with van der Waals surface area (Å²) in [5.41, 5.74) is 3.88. The highest BCUT2D eigenvalue weighted by Crippen LogP contribution is 2.41. The summed E-state index contributed by atoms with van der Waals surface area (Å²) in [6.07, 6.45) is 0. The van der Waals surface area contributed by atoms with Crippen LogP contribution in [0, 0.1) is 29.2 Å². The van der Waals surface area contributed by atoms with E-state index in [1.165, 1.54) is 10.8 Å². The second-order valence-electron chi connectivity index (χ2n) is 9.47. The van der Waals surface area contributed by atoms with Crippen LogP contribution >= 0.6 is 0 Å². The van der Waals surface area contributed by atoms with E-state index in [-0.39, 0.29) is 11.3 Å². The third-order valence-electron chi connectivity index (χ3n) is 7.50. The third-order valence-corrected chi connectivity index (χ3v) is 7.50. The number of aromatic nitrogens is 1. The molecule has 0 N–H and O–H groups in total. The fourth-order valence-electron chi connectivity index (χ4n) is 5.82. The van der Waals surface area contributed by atoms with Crippen molar-refractivity contribution < 1.29 is 0 Å². The van der Waals surface area contributed by atoms with Crippen molar-refractivity contribution in [2.45, 2.75) is 0 Å². The molecule has 0 radical (unpaired) electrons. The molecule has 1 aromatic heterocycles. The molecule has 0 fully saturated rings. The molecular weight excluding hydrogens is 476 g/mol. The number of benzene rings is 6. The summed E-state index contributed by atoms with van der Waals surface area (Å²) in [6.45, 7) is 7.34. The zero-order chi connectivity index (χ0) is 26.5. The normalized spacial score (nSPS) is 11.9. The SMILES string of the molecule is [C-]#[N+]/C(C#N)=C(/C#N)c1ccc2c(c1)c1ccccc1c1cc3c(cc21)c1ccccc1n3-c1ccccc1. The predicted octanol–water partition coefficient (Wildman–Crippen LogP) is 8.92. The topological polar surface area (TPSA) is 56.9 Å². The van der Waals surface area contributed by atoms with Gasteiger partial charge in [0, 0.05) is 16.5 Å². The number of nitriles is 2. The van der Waals surface area contributed by atoms with Gasteiger partial charge in [0.25, 0.3) is 5.70 Å². The lowest BCUT2D eigenvalue weighted by atomic mass is 9.91. The van der Waals surface area contributed by atoms with Gasteiger partial charge in [-0.05, 0) is 74.3 Å². The highest BCUT2D eigenvalue weighted by molar-refractivity contribution is 6.29. The van der Waals surface area contributed by atoms with E-state index >= 15 is 0 Å². The summed E-state index contributed by atoms with van der Waals surface area (Å²) in [4.78, 5) is 3.28. The molecule has 0 spiro atoms. The van der Waals surface area contributed by atoms with E-state index in [0.717, 1.165) is 49.0 Å². The Bertz CT molecular complexity index is 2280. The number of fused-ring (bicyclic) bond motifs is 9. The first kappa shape index (κ1) is 22.3. The van der Waals surface area contributed by atoms with Gasteiger partial charge in [0.15, 0.2) is 0 Å². The molecule has 0 bridgehead atoms. The van der Waals surface area contributed by atoms with Crippen molar-refractivity contribution in [3.05, 3.63) is 132 Å². The largest absolute Gasteiger partial charge is 0.309 e. The average Bonchev–Trinajstić information content (AvgIpc) is 3.32. The zero-order valence-corrected chi connectivity index (χ0v) is 20.7. The van der Waals surface area contributed by atoms with Gasteiger partial charge in [-0.2, -0.15) is 5.26 Å². The van der Waals surface area contributed by atoms with Crippen LogP contribution in [0.4, 0.5) is 0 Å². The fraction of sp³-hybridized carbons (Fsp3) is 0. The number of rotatable bonds is 2. The Morgan fingerprint density at radius 2 is 1.18 bits per heavy atom. The van der Waals surface area contributed by atoms with E-state index in [1.807, 2.05) is 42.5 Å². The molecule has 0 aliphatic carbocycles. The molecule has 0 amide bonds. The molecule has 0 saturated heterocycles. The van der Waals surface area contributed by atoms with E-state index in [1.54, 1.807) is 0 Å². The molecule has 0 saturated carbocycles. The average molecular weight is 495 g/mol. The minimum atomic E-state index is -0.197. The number of hydrogen-bond acceptors (Lipinski definition) is 2. The van der Waals surface area contributed by atoms with Crippen molar-refractivity contribution >= 4 is 59.7 Å². The highest BCUT2D eigenvalue weighted by atomic mass is 15.0. The van der Waals surface area contributed by atoms with Crippen LogP contribution in [0.2, 0.25) is 0 Å². The second kappa shape index (κ2) is 8.60. The lowest BCUT2D eigenvalue weighted by molar-refractivity contribution is 1.18. The van der Waals surface area contributed by atoms with Crippen LogP contribution in [0.15, 0.2) is 115 Å². The van der Waals surface area contributed by atoms with E-state index in [2.05, 4.69) is 88.3 Å². The maximum absolute atomic E-state index is 9.78. The van der Waals surface area contributed by atoms with Crippen molar-refractivity contribution in [1.82, 2.24) is 4.57 Å². The van der Waals surface area contributed by atoms with E-state index in [0.29, 0.717) is 5.56 Å². The summed E-state index contributed by atoms with van der Waals surface area (Å²) < 4.78 is 2.32. The third kappa shape index (κ3) is 3.22. The predicted molar refractivity (Wildman–Crippen MR) is 158 cm³/mol. The maximum atomic E-state index is 9.78. The Labute approximate surface area is 224 Å². The van der Waals surface area contributed by atoms with Crippen molar-refractivity contribution in [3.8, 4) is 17.8 Å². The first-order valence-corrected chi connectivity index (χ1v) is 12.5. The Morgan fingerprint density at radius 1 is 0.564 bits per heavy atom. The molecule has 0 aliphatic heterocycles. The fourth-order valence-corrected chi connectivity index (χ4v) is 5.82. The minimum absolute atomic E-state index is 0.0972. The quantitative estimate of drug-likeness (QED) is 0.137. The lowest BCUT2D eigenvalue weighted by Crippen LogP contribution is -1.93. The van der Waals surface area contributed by atoms with Gasteiger partial charge < -0.3 is 4.57 Å². The molecule has 1 heterocycles. The Hall–Kier alpha value is -5.89. The van der Waals surface area contributed by atoms with Gasteiger partial charge in [0.2, 0.25) is 0 Å². The maximum Gasteiger partial charge on any atom is 0.279 e. The van der Waals surface area contributed by atoms with Gasteiger partial charge in [-0.3, -0.25) is 0 Å². The summed E-state index contributed by atoms with van der Waals surface area (Å²) in [6, 6.07) is 41.5. The van der Waals surface area contributed by atoms with Crippen LogP contribution in [-0.2, 0) is 0 Å². The highest BCUT2D eigenvalue weighted by Gasteiger charge is 2.17. The van der Waals surface area contributed by atoms with Gasteiger partial charge in [0.05, 0.1) is 35.3 Å². The van der Waals surface area contributed by atoms with E-state index in [9.17, 15) is 10.5 Å². The first-order valence-electron chi connectivity index (χ1n) is 12.5. The molecule has 178 valence electrons. The molecule has 4 nitrogen and oxygen atoms in total. The molecule has 4 heteroatoms. The number of allylic oxidation sites excluding steroid dienone is 2. The standard InChI is InChI=1S/C35H18N4/c1-38-33(21-37)32(20-36)22-15-16-26-28(17-22)24-11-5-6-12-25(24)30-19-35-31(18-29(26)30)27-13-7-8-14-34(27)39(35)23-9-3-2-4-10-23/h2-19H/b33-32-. The van der Waals surface area contributed by atoms with Crippen LogP contribution < -0.4 is 0 Å². The summed E-state index contributed by atoms with van der Waals surface area (Å²) >= 11 is 0. The smallest absolute Gasteiger partial charge is 0.279 e. The molecule has 0 unspecified atom stereocenters. The number of para-hydroxylation sites is 2. The summed E-state index contributed by atoms with van der Waals surface area (Å²) in [7, 11) is 0. The van der Waals surface area contributed by atoms with Crippen molar-refractivity contribution in [1.29, 1.82) is 10.5 Å². The van der Waals surface area contributed by atoms with Crippen molar-refractivity contribution in [2.75, 3.05) is 0 Å². The van der Waals surface area contributed by atoms with E-state index in [4.69, 9.17) is 6.57 Å². The van der Waals surface area contributed by atoms with Gasteiger partial charge in [-0.15, -0.1) is 0 Å². The van der Waals surface area contributed by atoms with E-state index < -0.39 is 0 Å². The molecular formula is C35H18N4. The van der Waals surface area contributed by atoms with Gasteiger partial charge in [0.1, 0.15) is 0 Å². The Kier molecular flexibility index (Phi) is 4.92. The summed E-state index contributed by atoms with van der Waals surface area (Å²) in [5, 5.41) is 28.0. The summed E-state index contributed by atoms with van der Waals surface area (Å²) in [5.74, 6) is 0.